The molecule has 0 aromatic rings. The van der Waals surface area contributed by atoms with Crippen LogP contribution in [0.25, 0.3) is 0 Å². The van der Waals surface area contributed by atoms with E-state index in [2.05, 4.69) is 10.6 Å². The lowest BCUT2D eigenvalue weighted by Crippen LogP contribution is -2.68. The Balaban J connectivity index is 1.96. The van der Waals surface area contributed by atoms with Crippen LogP contribution in [0.15, 0.2) is 0 Å². The fourth-order valence-electron chi connectivity index (χ4n) is 3.34. The number of amides is 6. The highest BCUT2D eigenvalue weighted by Crippen LogP contribution is 2.16. The zero-order valence-electron chi connectivity index (χ0n) is 17.6. The third kappa shape index (κ3) is 5.66. The first-order chi connectivity index (χ1) is 14.9. The largest absolute Gasteiger partial charge is 0.362 e. The Kier molecular flexibility index (Phi) is 8.42. The number of nitrogens with zero attached hydrogens (tertiary/aromatic N) is 3. The number of nitrogens with one attached hydrogen (secondary N) is 2. The Hall–Kier alpha value is -2.45. The van der Waals surface area contributed by atoms with Crippen LogP contribution < -0.4 is 10.6 Å². The van der Waals surface area contributed by atoms with Crippen molar-refractivity contribution in [3.63, 3.8) is 0 Å². The monoisotopic (exact) mass is 495 g/mol. The fraction of sp³-hybridized carbons (Fsp3) is 0.706. The van der Waals surface area contributed by atoms with Crippen molar-refractivity contribution in [3.05, 3.63) is 0 Å². The predicted octanol–water partition coefficient (Wildman–Crippen LogP) is -1.32. The first kappa shape index (κ1) is 25.8. The van der Waals surface area contributed by atoms with Gasteiger partial charge >= 0.3 is 28.1 Å². The van der Waals surface area contributed by atoms with Crippen LogP contribution in [-0.4, -0.2) is 100 Å². The first-order valence-corrected chi connectivity index (χ1v) is 11.9. The van der Waals surface area contributed by atoms with E-state index in [0.29, 0.717) is 6.54 Å². The molecule has 0 saturated carbocycles. The molecule has 0 aromatic carbocycles. The molecule has 6 amide bonds. The number of β-lactam (4-membered cyclic amide) rings is 1. The van der Waals surface area contributed by atoms with E-state index in [9.17, 15) is 32.4 Å². The molecule has 2 fully saturated rings. The average Bonchev–Trinajstić information content (AvgIpc) is 2.71. The van der Waals surface area contributed by atoms with Crippen molar-refractivity contribution < 1.29 is 36.9 Å². The normalized spacial score (nSPS) is 22.5. The van der Waals surface area contributed by atoms with Crippen LogP contribution in [0.2, 0.25) is 0 Å². The van der Waals surface area contributed by atoms with Gasteiger partial charge in [0.2, 0.25) is 5.91 Å². The van der Waals surface area contributed by atoms with Gasteiger partial charge < -0.3 is 15.5 Å². The van der Waals surface area contributed by atoms with E-state index in [1.807, 2.05) is 6.92 Å². The minimum Gasteiger partial charge on any atom is -0.341 e. The van der Waals surface area contributed by atoms with E-state index < -0.39 is 70.5 Å². The molecule has 0 bridgehead atoms. The summed E-state index contributed by atoms with van der Waals surface area (Å²) in [6.07, 6.45) is 2.58. The summed E-state index contributed by atoms with van der Waals surface area (Å²) in [5.74, 6) is -4.20. The Bertz CT molecular complexity index is 897. The molecule has 3 unspecified atom stereocenters. The summed E-state index contributed by atoms with van der Waals surface area (Å²) >= 11 is 5.74. The number of hydrogen-bond acceptors (Lipinski definition) is 7. The molecule has 0 spiro atoms. The number of carbonyl (C=O) groups excluding carboxylic acids is 5. The van der Waals surface area contributed by atoms with Crippen molar-refractivity contribution in [2.24, 2.45) is 0 Å². The number of urea groups is 1. The highest BCUT2D eigenvalue weighted by molar-refractivity contribution is 7.84. The molecule has 3 atom stereocenters. The summed E-state index contributed by atoms with van der Waals surface area (Å²) in [5.41, 5.74) is 0. The molecule has 0 aromatic heterocycles. The van der Waals surface area contributed by atoms with Crippen molar-refractivity contribution in [2.75, 3.05) is 25.5 Å². The second kappa shape index (κ2) is 10.4. The van der Waals surface area contributed by atoms with Crippen molar-refractivity contribution in [2.45, 2.75) is 51.2 Å². The summed E-state index contributed by atoms with van der Waals surface area (Å²) in [6.45, 7) is 3.68. The molecule has 15 heteroatoms. The number of imide groups is 1. The van der Waals surface area contributed by atoms with Gasteiger partial charge in [-0.05, 0) is 13.3 Å². The van der Waals surface area contributed by atoms with E-state index in [0.717, 1.165) is 24.2 Å². The van der Waals surface area contributed by atoms with Crippen LogP contribution >= 0.6 is 11.6 Å². The van der Waals surface area contributed by atoms with Gasteiger partial charge in [0.1, 0.15) is 12.1 Å². The summed E-state index contributed by atoms with van der Waals surface area (Å²) in [5, 5.41) is 4.46. The minimum absolute atomic E-state index is 0.154. The van der Waals surface area contributed by atoms with Gasteiger partial charge in [-0.25, -0.2) is 9.10 Å². The van der Waals surface area contributed by atoms with Gasteiger partial charge in [-0.3, -0.25) is 28.6 Å². The van der Waals surface area contributed by atoms with Gasteiger partial charge in [-0.2, -0.15) is 8.42 Å². The van der Waals surface area contributed by atoms with Crippen LogP contribution in [0.1, 0.15) is 33.1 Å². The molecule has 2 saturated heterocycles. The van der Waals surface area contributed by atoms with E-state index >= 15 is 0 Å². The molecular formula is C17H26ClN5O8S. The maximum absolute atomic E-state index is 12.6. The summed E-state index contributed by atoms with van der Waals surface area (Å²) in [7, 11) is -4.72. The number of alkyl halides is 1. The van der Waals surface area contributed by atoms with Crippen molar-refractivity contribution in [3.8, 4) is 0 Å². The van der Waals surface area contributed by atoms with E-state index in [-0.39, 0.29) is 10.8 Å². The number of unbranched alkanes of at least 4 members (excludes halogenated alkanes) is 2. The third-order valence-corrected chi connectivity index (χ3v) is 6.32. The quantitative estimate of drug-likeness (QED) is 0.116. The van der Waals surface area contributed by atoms with Gasteiger partial charge in [0.15, 0.2) is 0 Å². The fourth-order valence-corrected chi connectivity index (χ4v) is 4.24. The van der Waals surface area contributed by atoms with Gasteiger partial charge in [0.05, 0.1) is 18.5 Å². The molecule has 13 nitrogen and oxygen atoms in total. The first-order valence-electron chi connectivity index (χ1n) is 10.0. The second-order valence-corrected chi connectivity index (χ2v) is 9.19. The van der Waals surface area contributed by atoms with Crippen molar-refractivity contribution in [1.29, 1.82) is 0 Å². The molecule has 180 valence electrons. The third-order valence-electron chi connectivity index (χ3n) is 5.12. The SMILES string of the molecule is CCCCCN1CC(C)N(C(=O)NC(CCl)C(=O)NC2CN(S(=O)(=O)O)C2=O)C(=O)C1=O. The molecule has 2 heterocycles. The Morgan fingerprint density at radius 3 is 2.38 bits per heavy atom. The Morgan fingerprint density at radius 2 is 1.84 bits per heavy atom. The van der Waals surface area contributed by atoms with E-state index in [4.69, 9.17) is 16.2 Å². The predicted molar refractivity (Wildman–Crippen MR) is 111 cm³/mol. The van der Waals surface area contributed by atoms with Gasteiger partial charge in [-0.1, -0.05) is 19.8 Å². The Morgan fingerprint density at radius 1 is 1.19 bits per heavy atom. The zero-order valence-corrected chi connectivity index (χ0v) is 19.2. The number of hydrogen-bond donors (Lipinski definition) is 3. The Labute approximate surface area is 190 Å². The van der Waals surface area contributed by atoms with Crippen LogP contribution in [0.4, 0.5) is 4.79 Å². The molecule has 2 rings (SSSR count). The molecule has 2 aliphatic rings. The maximum atomic E-state index is 12.6. The second-order valence-electron chi connectivity index (χ2n) is 7.55. The average molecular weight is 496 g/mol. The highest BCUT2D eigenvalue weighted by atomic mass is 35.5. The minimum atomic E-state index is -4.72. The molecule has 0 aliphatic carbocycles. The van der Waals surface area contributed by atoms with Crippen LogP contribution in [0.5, 0.6) is 0 Å². The maximum Gasteiger partial charge on any atom is 0.362 e. The molecule has 32 heavy (non-hydrogen) atoms. The molecule has 2 aliphatic heterocycles. The molecule has 3 N–H and O–H groups in total. The summed E-state index contributed by atoms with van der Waals surface area (Å²) in [6, 6.07) is -4.22. The smallest absolute Gasteiger partial charge is 0.341 e. The number of rotatable bonds is 9. The molecular weight excluding hydrogens is 470 g/mol. The number of carbonyl (C=O) groups is 5. The van der Waals surface area contributed by atoms with Crippen molar-refractivity contribution >= 4 is 51.6 Å². The number of halogens is 1. The van der Waals surface area contributed by atoms with Crippen LogP contribution in [-0.2, 0) is 29.5 Å². The topological polar surface area (TPSA) is 173 Å². The summed E-state index contributed by atoms with van der Waals surface area (Å²) < 4.78 is 30.9. The highest BCUT2D eigenvalue weighted by Gasteiger charge is 2.45. The van der Waals surface area contributed by atoms with Gasteiger partial charge in [0.25, 0.3) is 5.91 Å². The standard InChI is InChI=1S/C17H26ClN5O8S/c1-3-4-5-6-21-8-10(2)23(16(27)15(21)26)17(28)20-11(7-18)13(24)19-12-9-22(14(12)25)32(29,30)31/h10-12H,3-9H2,1-2H3,(H,19,24)(H,20,28)(H,29,30,31). The lowest BCUT2D eigenvalue weighted by Gasteiger charge is -2.38. The van der Waals surface area contributed by atoms with Gasteiger partial charge in [0, 0.05) is 13.1 Å². The van der Waals surface area contributed by atoms with E-state index in [1.54, 1.807) is 6.92 Å². The zero-order chi connectivity index (χ0) is 24.2. The molecule has 0 radical (unpaired) electrons. The van der Waals surface area contributed by atoms with Crippen LogP contribution in [0.3, 0.4) is 0 Å². The van der Waals surface area contributed by atoms with E-state index in [1.165, 1.54) is 4.90 Å². The van der Waals surface area contributed by atoms with Gasteiger partial charge in [-0.15, -0.1) is 11.6 Å². The summed E-state index contributed by atoms with van der Waals surface area (Å²) in [4.78, 5) is 63.6. The lowest BCUT2D eigenvalue weighted by molar-refractivity contribution is -0.156. The van der Waals surface area contributed by atoms with Crippen molar-refractivity contribution in [1.82, 2.24) is 24.7 Å². The van der Waals surface area contributed by atoms with Crippen LogP contribution in [0, 0.1) is 0 Å². The lowest BCUT2D eigenvalue weighted by atomic mass is 10.1. The number of piperazine rings is 1.